The Bertz CT molecular complexity index is 1070. The third-order valence-electron chi connectivity index (χ3n) is 4.59. The van der Waals surface area contributed by atoms with Gasteiger partial charge in [0.1, 0.15) is 6.17 Å². The average Bonchev–Trinajstić information content (AvgIpc) is 2.77. The van der Waals surface area contributed by atoms with E-state index in [1.807, 2.05) is 60.7 Å². The largest absolute Gasteiger partial charge is 0.339 e. The monoisotopic (exact) mass is 559 g/mol. The van der Waals surface area contributed by atoms with E-state index in [2.05, 4.69) is 16.0 Å². The number of hydrogen-bond acceptors (Lipinski definition) is 2. The predicted octanol–water partition coefficient (Wildman–Crippen LogP) is 6.92. The third kappa shape index (κ3) is 7.38. The second-order valence-corrected chi connectivity index (χ2v) is 10.6. The summed E-state index contributed by atoms with van der Waals surface area (Å²) in [6, 6.07) is 23.5. The van der Waals surface area contributed by atoms with E-state index in [1.54, 1.807) is 18.2 Å². The maximum atomic E-state index is 13.4. The van der Waals surface area contributed by atoms with Gasteiger partial charge < -0.3 is 16.0 Å². The SMILES string of the molecule is O=C(N[C@@H](NC(=S)Nc1cc(Cl)ccc1Cl)C(Cl)(Cl)Cl)C(c1ccccc1)c1ccccc1. The van der Waals surface area contributed by atoms with E-state index < -0.39 is 15.9 Å². The highest BCUT2D eigenvalue weighted by molar-refractivity contribution is 7.80. The Hall–Kier alpha value is -1.73. The molecule has 1 amide bonds. The lowest BCUT2D eigenvalue weighted by molar-refractivity contribution is -0.122. The van der Waals surface area contributed by atoms with E-state index in [4.69, 9.17) is 70.2 Å². The lowest BCUT2D eigenvalue weighted by Crippen LogP contribution is -2.57. The number of thiocarbonyl (C=S) groups is 1. The Labute approximate surface area is 222 Å². The molecule has 10 heteroatoms. The highest BCUT2D eigenvalue weighted by Gasteiger charge is 2.36. The van der Waals surface area contributed by atoms with E-state index in [9.17, 15) is 4.79 Å². The van der Waals surface area contributed by atoms with Crippen molar-refractivity contribution >= 4 is 86.9 Å². The van der Waals surface area contributed by atoms with Crippen molar-refractivity contribution in [3.05, 3.63) is 100 Å². The topological polar surface area (TPSA) is 53.2 Å². The quantitative estimate of drug-likeness (QED) is 0.174. The minimum Gasteiger partial charge on any atom is -0.339 e. The first-order valence-corrected chi connectivity index (χ1v) is 11.9. The first-order valence-electron chi connectivity index (χ1n) is 9.64. The van der Waals surface area contributed by atoms with Crippen molar-refractivity contribution in [2.45, 2.75) is 15.9 Å². The molecule has 3 N–H and O–H groups in total. The molecule has 0 aliphatic carbocycles. The zero-order chi connectivity index (χ0) is 24.0. The van der Waals surface area contributed by atoms with E-state index in [1.165, 1.54) is 0 Å². The van der Waals surface area contributed by atoms with Crippen molar-refractivity contribution in [2.24, 2.45) is 0 Å². The second-order valence-electron chi connectivity index (χ2n) is 6.96. The molecule has 3 aromatic carbocycles. The van der Waals surface area contributed by atoms with Gasteiger partial charge in [0.15, 0.2) is 5.11 Å². The van der Waals surface area contributed by atoms with Crippen molar-refractivity contribution in [2.75, 3.05) is 5.32 Å². The Morgan fingerprint density at radius 2 is 1.36 bits per heavy atom. The molecule has 0 spiro atoms. The molecule has 1 atom stereocenters. The average molecular weight is 562 g/mol. The minimum atomic E-state index is -1.92. The number of amides is 1. The van der Waals surface area contributed by atoms with Crippen LogP contribution in [0.1, 0.15) is 17.0 Å². The summed E-state index contributed by atoms with van der Waals surface area (Å²) in [5, 5.41) is 9.42. The third-order valence-corrected chi connectivity index (χ3v) is 6.03. The number of nitrogens with one attached hydrogen (secondary N) is 3. The van der Waals surface area contributed by atoms with Crippen LogP contribution >= 0.6 is 70.2 Å². The maximum absolute atomic E-state index is 13.4. The van der Waals surface area contributed by atoms with Gasteiger partial charge in [-0.2, -0.15) is 0 Å². The molecule has 4 nitrogen and oxygen atoms in total. The van der Waals surface area contributed by atoms with Crippen LogP contribution < -0.4 is 16.0 Å². The molecule has 0 aliphatic rings. The number of hydrogen-bond donors (Lipinski definition) is 3. The summed E-state index contributed by atoms with van der Waals surface area (Å²) in [5.41, 5.74) is 2.04. The lowest BCUT2D eigenvalue weighted by Gasteiger charge is -2.30. The van der Waals surface area contributed by atoms with Crippen LogP contribution in [0.5, 0.6) is 0 Å². The van der Waals surface area contributed by atoms with Gasteiger partial charge in [0.05, 0.1) is 16.6 Å². The molecule has 33 heavy (non-hydrogen) atoms. The molecule has 0 aliphatic heterocycles. The summed E-state index contributed by atoms with van der Waals surface area (Å²) >= 11 is 36.0. The normalized spacial score (nSPS) is 12.2. The predicted molar refractivity (Wildman–Crippen MR) is 143 cm³/mol. The van der Waals surface area contributed by atoms with E-state index in [0.29, 0.717) is 15.7 Å². The number of alkyl halides is 3. The van der Waals surface area contributed by atoms with E-state index in [-0.39, 0.29) is 11.0 Å². The van der Waals surface area contributed by atoms with Gasteiger partial charge in [0.2, 0.25) is 9.70 Å². The smallest absolute Gasteiger partial charge is 0.233 e. The van der Waals surface area contributed by atoms with Crippen LogP contribution in [0.4, 0.5) is 5.69 Å². The fourth-order valence-corrected chi connectivity index (χ4v) is 3.99. The molecule has 0 fully saturated rings. The van der Waals surface area contributed by atoms with Crippen molar-refractivity contribution in [1.29, 1.82) is 0 Å². The van der Waals surface area contributed by atoms with Crippen molar-refractivity contribution in [1.82, 2.24) is 10.6 Å². The van der Waals surface area contributed by atoms with E-state index >= 15 is 0 Å². The van der Waals surface area contributed by atoms with Crippen LogP contribution in [0.25, 0.3) is 0 Å². The van der Waals surface area contributed by atoms with Gasteiger partial charge in [-0.05, 0) is 41.5 Å². The molecule has 0 saturated heterocycles. The molecule has 0 aromatic heterocycles. The van der Waals surface area contributed by atoms with Crippen LogP contribution in [0, 0.1) is 0 Å². The number of benzene rings is 3. The van der Waals surface area contributed by atoms with Crippen LogP contribution in [0.15, 0.2) is 78.9 Å². The highest BCUT2D eigenvalue weighted by Crippen LogP contribution is 2.31. The lowest BCUT2D eigenvalue weighted by atomic mass is 9.90. The Kier molecular flexibility index (Phi) is 9.10. The molecule has 0 bridgehead atoms. The first kappa shape index (κ1) is 25.9. The van der Waals surface area contributed by atoms with Gasteiger partial charge >= 0.3 is 0 Å². The first-order chi connectivity index (χ1) is 15.6. The maximum Gasteiger partial charge on any atom is 0.233 e. The van der Waals surface area contributed by atoms with Gasteiger partial charge in [-0.15, -0.1) is 0 Å². The Morgan fingerprint density at radius 3 is 1.88 bits per heavy atom. The van der Waals surface area contributed by atoms with Crippen LogP contribution in [0.3, 0.4) is 0 Å². The second kappa shape index (κ2) is 11.6. The number of halogens is 5. The minimum absolute atomic E-state index is 0.0757. The molecule has 0 unspecified atom stereocenters. The van der Waals surface area contributed by atoms with Crippen LogP contribution in [0.2, 0.25) is 10.0 Å². The molecule has 0 heterocycles. The van der Waals surface area contributed by atoms with Gasteiger partial charge in [-0.3, -0.25) is 4.79 Å². The highest BCUT2D eigenvalue weighted by atomic mass is 35.6. The molecule has 0 radical (unpaired) electrons. The fourth-order valence-electron chi connectivity index (χ4n) is 3.09. The molecular formula is C23H18Cl5N3OS. The Morgan fingerprint density at radius 1 is 0.818 bits per heavy atom. The van der Waals surface area contributed by atoms with E-state index in [0.717, 1.165) is 11.1 Å². The number of rotatable bonds is 6. The summed E-state index contributed by atoms with van der Waals surface area (Å²) in [7, 11) is 0. The zero-order valence-corrected chi connectivity index (χ0v) is 21.5. The summed E-state index contributed by atoms with van der Waals surface area (Å²) < 4.78 is -1.92. The van der Waals surface area contributed by atoms with Crippen LogP contribution in [-0.2, 0) is 4.79 Å². The summed E-state index contributed by atoms with van der Waals surface area (Å²) in [6.45, 7) is 0. The summed E-state index contributed by atoms with van der Waals surface area (Å²) in [4.78, 5) is 13.4. The van der Waals surface area contributed by atoms with Crippen LogP contribution in [-0.4, -0.2) is 21.0 Å². The number of carbonyl (C=O) groups is 1. The fraction of sp³-hybridized carbons (Fsp3) is 0.130. The van der Waals surface area contributed by atoms with Gasteiger partial charge in [0.25, 0.3) is 0 Å². The summed E-state index contributed by atoms with van der Waals surface area (Å²) in [5.74, 6) is -1.01. The van der Waals surface area contributed by atoms with Gasteiger partial charge in [-0.1, -0.05) is 119 Å². The standard InChI is InChI=1S/C23H18Cl5N3OS/c24-16-11-12-17(25)18(13-16)29-22(33)31-21(23(26,27)28)30-20(32)19(14-7-3-1-4-8-14)15-9-5-2-6-10-15/h1-13,19,21H,(H,30,32)(H2,29,31,33)/t21-/m0/s1. The number of anilines is 1. The molecule has 172 valence electrons. The van der Waals surface area contributed by atoms with Crippen molar-refractivity contribution in [3.63, 3.8) is 0 Å². The molecule has 3 rings (SSSR count). The van der Waals surface area contributed by atoms with Crippen molar-refractivity contribution < 1.29 is 4.79 Å². The van der Waals surface area contributed by atoms with Crippen molar-refractivity contribution in [3.8, 4) is 0 Å². The summed E-state index contributed by atoms with van der Waals surface area (Å²) in [6.07, 6.45) is -1.15. The Balaban J connectivity index is 1.81. The number of carbonyl (C=O) groups excluding carboxylic acids is 1. The van der Waals surface area contributed by atoms with Gasteiger partial charge in [0, 0.05) is 5.02 Å². The molecule has 0 saturated carbocycles. The zero-order valence-electron chi connectivity index (χ0n) is 16.9. The van der Waals surface area contributed by atoms with Gasteiger partial charge in [-0.25, -0.2) is 0 Å². The molecular weight excluding hydrogens is 544 g/mol. The molecule has 3 aromatic rings.